The Morgan fingerprint density at radius 3 is 2.53 bits per heavy atom. The van der Waals surface area contributed by atoms with Crippen molar-refractivity contribution >= 4 is 15.9 Å². The van der Waals surface area contributed by atoms with Crippen LogP contribution < -0.4 is 15.2 Å². The maximum Gasteiger partial charge on any atom is 0.368 e. The second-order valence-electron chi connectivity index (χ2n) is 7.29. The Morgan fingerprint density at radius 1 is 1.03 bits per heavy atom. The molecule has 0 aliphatic carbocycles. The number of pyridine rings is 1. The average Bonchev–Trinajstić information content (AvgIpc) is 3.11. The van der Waals surface area contributed by atoms with Crippen molar-refractivity contribution in [1.82, 2.24) is 24.8 Å². The molecule has 0 N–H and O–H groups in total. The first-order valence-corrected chi connectivity index (χ1v) is 10.7. The molecule has 0 atom stereocenters. The number of tetrazole rings is 1. The molecule has 0 saturated carbocycles. The molecule has 0 amide bonds. The molecule has 0 aliphatic rings. The third-order valence-corrected chi connectivity index (χ3v) is 5.70. The molecule has 9 heteroatoms. The van der Waals surface area contributed by atoms with E-state index in [1.54, 1.807) is 14.2 Å². The first-order valence-electron chi connectivity index (χ1n) is 9.91. The monoisotopic (exact) mass is 495 g/mol. The molecule has 32 heavy (non-hydrogen) atoms. The predicted molar refractivity (Wildman–Crippen MR) is 124 cm³/mol. The van der Waals surface area contributed by atoms with Crippen molar-refractivity contribution < 1.29 is 9.47 Å². The van der Waals surface area contributed by atoms with Crippen LogP contribution in [0.25, 0.3) is 16.8 Å². The Morgan fingerprint density at radius 2 is 1.84 bits per heavy atom. The summed E-state index contributed by atoms with van der Waals surface area (Å²) >= 11 is 3.52. The average molecular weight is 496 g/mol. The molecular weight excluding hydrogens is 474 g/mol. The second kappa shape index (κ2) is 8.96. The van der Waals surface area contributed by atoms with E-state index in [2.05, 4.69) is 31.3 Å². The third-order valence-electron chi connectivity index (χ3n) is 5.21. The SMILES string of the molecule is COc1ccc(Br)cc1-c1ccc(OCc2c(C)cccc2-n2nnn(C)c2=O)nc1C. The topological polar surface area (TPSA) is 84.1 Å². The Labute approximate surface area is 193 Å². The van der Waals surface area contributed by atoms with E-state index in [0.29, 0.717) is 11.6 Å². The molecule has 0 spiro atoms. The van der Waals surface area contributed by atoms with E-state index >= 15 is 0 Å². The highest BCUT2D eigenvalue weighted by Gasteiger charge is 2.15. The highest BCUT2D eigenvalue weighted by molar-refractivity contribution is 9.10. The Bertz CT molecular complexity index is 1350. The first-order chi connectivity index (χ1) is 15.4. The van der Waals surface area contributed by atoms with Gasteiger partial charge in [-0.1, -0.05) is 28.1 Å². The number of hydrogen-bond acceptors (Lipinski definition) is 6. The number of halogens is 1. The van der Waals surface area contributed by atoms with E-state index in [4.69, 9.17) is 9.47 Å². The minimum Gasteiger partial charge on any atom is -0.496 e. The molecular formula is C23H22BrN5O3. The Kier molecular flexibility index (Phi) is 6.09. The summed E-state index contributed by atoms with van der Waals surface area (Å²) in [5.41, 5.74) is 4.85. The van der Waals surface area contributed by atoms with E-state index in [9.17, 15) is 4.79 Å². The molecule has 164 valence electrons. The summed E-state index contributed by atoms with van der Waals surface area (Å²) in [7, 11) is 3.21. The molecule has 0 radical (unpaired) electrons. The molecule has 0 unspecified atom stereocenters. The molecule has 0 saturated heterocycles. The summed E-state index contributed by atoms with van der Waals surface area (Å²) in [6.07, 6.45) is 0. The van der Waals surface area contributed by atoms with Gasteiger partial charge in [0, 0.05) is 40.0 Å². The van der Waals surface area contributed by atoms with Gasteiger partial charge in [0.2, 0.25) is 5.88 Å². The highest BCUT2D eigenvalue weighted by Crippen LogP contribution is 2.34. The number of aryl methyl sites for hydroxylation is 3. The summed E-state index contributed by atoms with van der Waals surface area (Å²) in [5, 5.41) is 7.76. The largest absolute Gasteiger partial charge is 0.496 e. The molecule has 8 nitrogen and oxygen atoms in total. The molecule has 0 aliphatic heterocycles. The summed E-state index contributed by atoms with van der Waals surface area (Å²) in [5.74, 6) is 1.26. The second-order valence-corrected chi connectivity index (χ2v) is 8.20. The summed E-state index contributed by atoms with van der Waals surface area (Å²) in [6.45, 7) is 4.13. The fourth-order valence-corrected chi connectivity index (χ4v) is 3.84. The van der Waals surface area contributed by atoms with E-state index < -0.39 is 0 Å². The summed E-state index contributed by atoms with van der Waals surface area (Å²) < 4.78 is 14.9. The smallest absolute Gasteiger partial charge is 0.368 e. The normalized spacial score (nSPS) is 10.9. The molecule has 0 fully saturated rings. The van der Waals surface area contributed by atoms with Gasteiger partial charge in [0.15, 0.2) is 0 Å². The number of ether oxygens (including phenoxy) is 2. The van der Waals surface area contributed by atoms with Gasteiger partial charge in [0.25, 0.3) is 0 Å². The van der Waals surface area contributed by atoms with Gasteiger partial charge >= 0.3 is 5.69 Å². The van der Waals surface area contributed by atoms with Crippen molar-refractivity contribution in [2.45, 2.75) is 20.5 Å². The minimum atomic E-state index is -0.321. The fraction of sp³-hybridized carbons (Fsp3) is 0.217. The van der Waals surface area contributed by atoms with E-state index in [-0.39, 0.29) is 12.3 Å². The van der Waals surface area contributed by atoms with Gasteiger partial charge in [-0.05, 0) is 60.2 Å². The van der Waals surface area contributed by atoms with Crippen molar-refractivity contribution in [3.8, 4) is 28.4 Å². The minimum absolute atomic E-state index is 0.233. The number of hydrogen-bond donors (Lipinski definition) is 0. The molecule has 2 aromatic carbocycles. The van der Waals surface area contributed by atoms with Crippen molar-refractivity contribution in [3.05, 3.63) is 80.3 Å². The standard InChI is InChI=1S/C23H22BrN5O3/c1-14-6-5-7-20(29-23(30)28(3)26-27-29)19(14)13-32-22-11-9-17(15(2)25-22)18-12-16(24)8-10-21(18)31-4/h5-12H,13H2,1-4H3. The van der Waals surface area contributed by atoms with Gasteiger partial charge in [-0.15, -0.1) is 0 Å². The van der Waals surface area contributed by atoms with Crippen LogP contribution in [0.4, 0.5) is 0 Å². The molecule has 0 bridgehead atoms. The van der Waals surface area contributed by atoms with E-state index in [1.165, 1.54) is 9.36 Å². The molecule has 2 heterocycles. The number of methoxy groups -OCH3 is 1. The summed E-state index contributed by atoms with van der Waals surface area (Å²) in [6, 6.07) is 15.3. The van der Waals surface area contributed by atoms with Crippen LogP contribution in [0.15, 0.2) is 57.8 Å². The van der Waals surface area contributed by atoms with Crippen LogP contribution in [-0.4, -0.2) is 31.9 Å². The molecule has 4 aromatic rings. The molecule has 2 aromatic heterocycles. The van der Waals surface area contributed by atoms with Crippen LogP contribution in [0.5, 0.6) is 11.6 Å². The van der Waals surface area contributed by atoms with Gasteiger partial charge in [-0.3, -0.25) is 0 Å². The third kappa shape index (κ3) is 4.16. The van der Waals surface area contributed by atoms with Crippen LogP contribution in [0, 0.1) is 13.8 Å². The van der Waals surface area contributed by atoms with Crippen LogP contribution >= 0.6 is 15.9 Å². The highest BCUT2D eigenvalue weighted by atomic mass is 79.9. The van der Waals surface area contributed by atoms with Crippen molar-refractivity contribution in [2.75, 3.05) is 7.11 Å². The fourth-order valence-electron chi connectivity index (χ4n) is 3.48. The van der Waals surface area contributed by atoms with Crippen LogP contribution in [0.3, 0.4) is 0 Å². The van der Waals surface area contributed by atoms with Crippen molar-refractivity contribution in [2.24, 2.45) is 7.05 Å². The molecule has 4 rings (SSSR count). The number of nitrogens with zero attached hydrogens (tertiary/aromatic N) is 5. The maximum absolute atomic E-state index is 12.3. The number of aromatic nitrogens is 5. The predicted octanol–water partition coefficient (Wildman–Crippen LogP) is 3.99. The van der Waals surface area contributed by atoms with E-state index in [1.807, 2.05) is 62.4 Å². The van der Waals surface area contributed by atoms with Crippen LogP contribution in [-0.2, 0) is 13.7 Å². The zero-order valence-corrected chi connectivity index (χ0v) is 19.8. The van der Waals surface area contributed by atoms with Gasteiger partial charge in [0.05, 0.1) is 12.8 Å². The lowest BCUT2D eigenvalue weighted by Crippen LogP contribution is -2.23. The quantitative estimate of drug-likeness (QED) is 0.402. The Hall–Kier alpha value is -3.46. The van der Waals surface area contributed by atoms with Gasteiger partial charge in [-0.2, -0.15) is 9.36 Å². The van der Waals surface area contributed by atoms with Crippen molar-refractivity contribution in [3.63, 3.8) is 0 Å². The zero-order valence-electron chi connectivity index (χ0n) is 18.2. The maximum atomic E-state index is 12.3. The van der Waals surface area contributed by atoms with Crippen molar-refractivity contribution in [1.29, 1.82) is 0 Å². The number of rotatable bonds is 6. The van der Waals surface area contributed by atoms with Gasteiger partial charge in [-0.25, -0.2) is 9.78 Å². The lowest BCUT2D eigenvalue weighted by molar-refractivity contribution is 0.292. The lowest BCUT2D eigenvalue weighted by atomic mass is 10.0. The number of benzene rings is 2. The van der Waals surface area contributed by atoms with Crippen LogP contribution in [0.1, 0.15) is 16.8 Å². The van der Waals surface area contributed by atoms with Gasteiger partial charge in [0.1, 0.15) is 12.4 Å². The zero-order chi connectivity index (χ0) is 22.8. The van der Waals surface area contributed by atoms with E-state index in [0.717, 1.165) is 38.2 Å². The van der Waals surface area contributed by atoms with Gasteiger partial charge < -0.3 is 9.47 Å². The summed E-state index contributed by atoms with van der Waals surface area (Å²) in [4.78, 5) is 17.0. The van der Waals surface area contributed by atoms with Crippen LogP contribution in [0.2, 0.25) is 0 Å². The lowest BCUT2D eigenvalue weighted by Gasteiger charge is -2.14. The first kappa shape index (κ1) is 21.8. The Balaban J connectivity index is 1.63.